The molecule has 1 atom stereocenters. The van der Waals surface area contributed by atoms with E-state index in [0.717, 1.165) is 17.7 Å². The van der Waals surface area contributed by atoms with Crippen LogP contribution in [0.5, 0.6) is 5.88 Å². The largest absolute Gasteiger partial charge is 0.481 e. The zero-order valence-electron chi connectivity index (χ0n) is 11.6. The zero-order chi connectivity index (χ0) is 13.8. The Morgan fingerprint density at radius 1 is 1.21 bits per heavy atom. The molecule has 0 aliphatic rings. The second-order valence-electron chi connectivity index (χ2n) is 4.59. The van der Waals surface area contributed by atoms with E-state index >= 15 is 0 Å². The van der Waals surface area contributed by atoms with Crippen molar-refractivity contribution in [3.05, 3.63) is 35.9 Å². The van der Waals surface area contributed by atoms with Crippen LogP contribution in [0.2, 0.25) is 0 Å². The van der Waals surface area contributed by atoms with Crippen LogP contribution in [0, 0.1) is 0 Å². The molecule has 4 heteroatoms. The molecule has 0 aliphatic heterocycles. The van der Waals surface area contributed by atoms with Crippen LogP contribution >= 0.6 is 0 Å². The summed E-state index contributed by atoms with van der Waals surface area (Å²) in [6.45, 7) is 4.41. The lowest BCUT2D eigenvalue weighted by molar-refractivity contribution is 0.398. The van der Waals surface area contributed by atoms with Crippen molar-refractivity contribution in [2.45, 2.75) is 26.2 Å². The molecule has 0 saturated heterocycles. The van der Waals surface area contributed by atoms with E-state index in [2.05, 4.69) is 48.1 Å². The van der Waals surface area contributed by atoms with E-state index in [1.807, 2.05) is 0 Å². The normalized spacial score (nSPS) is 12.2. The molecule has 100 valence electrons. The third-order valence-electron chi connectivity index (χ3n) is 3.32. The fourth-order valence-electron chi connectivity index (χ4n) is 1.91. The molecule has 0 radical (unpaired) electrons. The van der Waals surface area contributed by atoms with Crippen molar-refractivity contribution in [3.8, 4) is 17.1 Å². The first kappa shape index (κ1) is 13.3. The topological polar surface area (TPSA) is 61.0 Å². The van der Waals surface area contributed by atoms with Gasteiger partial charge in [-0.25, -0.2) is 4.98 Å². The van der Waals surface area contributed by atoms with Gasteiger partial charge in [0.25, 0.3) is 0 Å². The SMILES string of the molecule is CCC(C)c1ccc(-c2cc(OC)nc(N)n2)cc1. The zero-order valence-corrected chi connectivity index (χ0v) is 11.6. The van der Waals surface area contributed by atoms with E-state index in [9.17, 15) is 0 Å². The van der Waals surface area contributed by atoms with Gasteiger partial charge in [0.2, 0.25) is 11.8 Å². The number of anilines is 1. The number of nitrogens with two attached hydrogens (primary N) is 1. The Labute approximate surface area is 113 Å². The quantitative estimate of drug-likeness (QED) is 0.913. The number of nitrogen functional groups attached to an aromatic ring is 1. The molecule has 0 spiro atoms. The van der Waals surface area contributed by atoms with Crippen LogP contribution in [-0.2, 0) is 0 Å². The maximum Gasteiger partial charge on any atom is 0.223 e. The highest BCUT2D eigenvalue weighted by Gasteiger charge is 2.07. The van der Waals surface area contributed by atoms with Gasteiger partial charge in [-0.15, -0.1) is 0 Å². The molecular weight excluding hydrogens is 238 g/mol. The lowest BCUT2D eigenvalue weighted by Gasteiger charge is -2.10. The average Bonchev–Trinajstić information content (AvgIpc) is 2.46. The molecule has 1 aromatic heterocycles. The highest BCUT2D eigenvalue weighted by atomic mass is 16.5. The maximum atomic E-state index is 5.67. The molecular formula is C15H19N3O. The summed E-state index contributed by atoms with van der Waals surface area (Å²) in [4.78, 5) is 8.21. The van der Waals surface area contributed by atoms with Crippen LogP contribution in [0.25, 0.3) is 11.3 Å². The van der Waals surface area contributed by atoms with E-state index in [0.29, 0.717) is 11.8 Å². The first-order valence-electron chi connectivity index (χ1n) is 6.43. The molecule has 2 N–H and O–H groups in total. The van der Waals surface area contributed by atoms with Crippen molar-refractivity contribution >= 4 is 5.95 Å². The minimum Gasteiger partial charge on any atom is -0.481 e. The Hall–Kier alpha value is -2.10. The summed E-state index contributed by atoms with van der Waals surface area (Å²) in [5.41, 5.74) is 8.79. The lowest BCUT2D eigenvalue weighted by Crippen LogP contribution is -1.99. The fourth-order valence-corrected chi connectivity index (χ4v) is 1.91. The average molecular weight is 257 g/mol. The van der Waals surface area contributed by atoms with Crippen LogP contribution in [0.4, 0.5) is 5.95 Å². The molecule has 4 nitrogen and oxygen atoms in total. The Bertz CT molecular complexity index is 552. The second kappa shape index (κ2) is 5.69. The van der Waals surface area contributed by atoms with E-state index in [1.165, 1.54) is 5.56 Å². The minimum absolute atomic E-state index is 0.223. The number of hydrogen-bond acceptors (Lipinski definition) is 4. The smallest absolute Gasteiger partial charge is 0.223 e. The molecule has 19 heavy (non-hydrogen) atoms. The lowest BCUT2D eigenvalue weighted by atomic mass is 9.97. The Balaban J connectivity index is 2.34. The van der Waals surface area contributed by atoms with Gasteiger partial charge in [0.05, 0.1) is 12.8 Å². The number of ether oxygens (including phenoxy) is 1. The van der Waals surface area contributed by atoms with Gasteiger partial charge in [0.1, 0.15) is 0 Å². The molecule has 2 aromatic rings. The molecule has 2 rings (SSSR count). The molecule has 0 aliphatic carbocycles. The molecule has 1 aromatic carbocycles. The number of aromatic nitrogens is 2. The number of benzene rings is 1. The van der Waals surface area contributed by atoms with E-state index in [-0.39, 0.29) is 5.95 Å². The highest BCUT2D eigenvalue weighted by molar-refractivity contribution is 5.61. The van der Waals surface area contributed by atoms with Crippen LogP contribution < -0.4 is 10.5 Å². The predicted molar refractivity (Wildman–Crippen MR) is 77.1 cm³/mol. The van der Waals surface area contributed by atoms with Crippen LogP contribution in [0.1, 0.15) is 31.7 Å². The number of methoxy groups -OCH3 is 1. The summed E-state index contributed by atoms with van der Waals surface area (Å²) in [5.74, 6) is 1.27. The Kier molecular flexibility index (Phi) is 4.00. The Morgan fingerprint density at radius 2 is 1.89 bits per heavy atom. The first-order chi connectivity index (χ1) is 9.13. The summed E-state index contributed by atoms with van der Waals surface area (Å²) >= 11 is 0. The molecule has 0 saturated carbocycles. The van der Waals surface area contributed by atoms with Crippen molar-refractivity contribution in [1.29, 1.82) is 0 Å². The van der Waals surface area contributed by atoms with Crippen LogP contribution in [0.15, 0.2) is 30.3 Å². The van der Waals surface area contributed by atoms with E-state index in [1.54, 1.807) is 13.2 Å². The van der Waals surface area contributed by atoms with E-state index in [4.69, 9.17) is 10.5 Å². The minimum atomic E-state index is 0.223. The summed E-state index contributed by atoms with van der Waals surface area (Å²) in [7, 11) is 1.57. The Morgan fingerprint density at radius 3 is 2.47 bits per heavy atom. The van der Waals surface area contributed by atoms with Gasteiger partial charge in [-0.3, -0.25) is 0 Å². The third-order valence-corrected chi connectivity index (χ3v) is 3.32. The van der Waals surface area contributed by atoms with Gasteiger partial charge >= 0.3 is 0 Å². The van der Waals surface area contributed by atoms with Crippen LogP contribution in [-0.4, -0.2) is 17.1 Å². The molecule has 1 unspecified atom stereocenters. The van der Waals surface area contributed by atoms with Gasteiger partial charge in [0, 0.05) is 11.6 Å². The van der Waals surface area contributed by atoms with Crippen molar-refractivity contribution in [3.63, 3.8) is 0 Å². The van der Waals surface area contributed by atoms with Crippen molar-refractivity contribution < 1.29 is 4.74 Å². The molecule has 0 amide bonds. The monoisotopic (exact) mass is 257 g/mol. The van der Waals surface area contributed by atoms with Gasteiger partial charge in [-0.2, -0.15) is 4.98 Å². The molecule has 0 fully saturated rings. The number of rotatable bonds is 4. The summed E-state index contributed by atoms with van der Waals surface area (Å²) in [5, 5.41) is 0. The molecule has 0 bridgehead atoms. The number of nitrogens with zero attached hydrogens (tertiary/aromatic N) is 2. The maximum absolute atomic E-state index is 5.67. The predicted octanol–water partition coefficient (Wildman–Crippen LogP) is 3.25. The third kappa shape index (κ3) is 3.02. The van der Waals surface area contributed by atoms with Gasteiger partial charge in [-0.05, 0) is 17.9 Å². The second-order valence-corrected chi connectivity index (χ2v) is 4.59. The van der Waals surface area contributed by atoms with Gasteiger partial charge in [-0.1, -0.05) is 38.1 Å². The summed E-state index contributed by atoms with van der Waals surface area (Å²) < 4.78 is 5.11. The standard InChI is InChI=1S/C15H19N3O/c1-4-10(2)11-5-7-12(8-6-11)13-9-14(19-3)18-15(16)17-13/h5-10H,4H2,1-3H3,(H2,16,17,18). The van der Waals surface area contributed by atoms with Crippen LogP contribution in [0.3, 0.4) is 0 Å². The van der Waals surface area contributed by atoms with E-state index < -0.39 is 0 Å². The number of hydrogen-bond donors (Lipinski definition) is 1. The van der Waals surface area contributed by atoms with Gasteiger partial charge in [0.15, 0.2) is 0 Å². The van der Waals surface area contributed by atoms with Crippen molar-refractivity contribution in [2.75, 3.05) is 12.8 Å². The fraction of sp³-hybridized carbons (Fsp3) is 0.333. The first-order valence-corrected chi connectivity index (χ1v) is 6.43. The molecule has 1 heterocycles. The van der Waals surface area contributed by atoms with Crippen molar-refractivity contribution in [2.24, 2.45) is 0 Å². The summed E-state index contributed by atoms with van der Waals surface area (Å²) in [6.07, 6.45) is 1.13. The van der Waals surface area contributed by atoms with Gasteiger partial charge < -0.3 is 10.5 Å². The van der Waals surface area contributed by atoms with Crippen molar-refractivity contribution in [1.82, 2.24) is 9.97 Å². The summed E-state index contributed by atoms with van der Waals surface area (Å²) in [6, 6.07) is 10.2. The highest BCUT2D eigenvalue weighted by Crippen LogP contribution is 2.25.